The van der Waals surface area contributed by atoms with E-state index in [2.05, 4.69) is 56.2 Å². The highest BCUT2D eigenvalue weighted by Crippen LogP contribution is 2.45. The van der Waals surface area contributed by atoms with Crippen LogP contribution in [0.15, 0.2) is 59.8 Å². The van der Waals surface area contributed by atoms with Crippen molar-refractivity contribution >= 4 is 26.7 Å². The van der Waals surface area contributed by atoms with Crippen LogP contribution in [-0.4, -0.2) is 35.8 Å². The molecule has 2 aliphatic heterocycles. The van der Waals surface area contributed by atoms with Gasteiger partial charge in [-0.25, -0.2) is 13.4 Å². The van der Waals surface area contributed by atoms with Gasteiger partial charge in [-0.2, -0.15) is 4.37 Å². The number of fused-ring (bicyclic) bond motifs is 1. The van der Waals surface area contributed by atoms with Crippen LogP contribution in [0.4, 0.5) is 5.13 Å². The number of rotatable bonds is 5. The summed E-state index contributed by atoms with van der Waals surface area (Å²) in [6, 6.07) is 16.4. The summed E-state index contributed by atoms with van der Waals surface area (Å²) >= 11 is 1.00. The van der Waals surface area contributed by atoms with Gasteiger partial charge in [0.2, 0.25) is 5.13 Å². The molecule has 0 unspecified atom stereocenters. The molecule has 1 saturated heterocycles. The summed E-state index contributed by atoms with van der Waals surface area (Å²) in [5.41, 5.74) is 2.40. The second kappa shape index (κ2) is 8.80. The zero-order chi connectivity index (χ0) is 22.1. The van der Waals surface area contributed by atoms with E-state index >= 15 is 0 Å². The minimum absolute atomic E-state index is 0.166. The third kappa shape index (κ3) is 4.24. The molecule has 0 saturated carbocycles. The van der Waals surface area contributed by atoms with Gasteiger partial charge in [-0.1, -0.05) is 43.3 Å². The molecule has 3 aromatic rings. The van der Waals surface area contributed by atoms with E-state index in [1.165, 1.54) is 11.9 Å². The van der Waals surface area contributed by atoms with Gasteiger partial charge in [0.25, 0.3) is 10.0 Å². The highest BCUT2D eigenvalue weighted by Gasteiger charge is 2.36. The van der Waals surface area contributed by atoms with Crippen LogP contribution in [-0.2, 0) is 10.0 Å². The van der Waals surface area contributed by atoms with E-state index in [4.69, 9.17) is 4.74 Å². The Balaban J connectivity index is 1.45. The number of ether oxygens (including phenoxy) is 1. The quantitative estimate of drug-likeness (QED) is 0.585. The van der Waals surface area contributed by atoms with Crippen LogP contribution in [0.1, 0.15) is 49.4 Å². The third-order valence-corrected chi connectivity index (χ3v) is 8.42. The molecule has 7 nitrogen and oxygen atoms in total. The van der Waals surface area contributed by atoms with Gasteiger partial charge >= 0.3 is 0 Å². The Morgan fingerprint density at radius 3 is 2.75 bits per heavy atom. The zero-order valence-corrected chi connectivity index (χ0v) is 19.5. The van der Waals surface area contributed by atoms with E-state index in [9.17, 15) is 8.42 Å². The number of nitrogens with one attached hydrogen (secondary N) is 1. The highest BCUT2D eigenvalue weighted by atomic mass is 32.2. The van der Waals surface area contributed by atoms with Crippen molar-refractivity contribution in [3.05, 3.63) is 66.0 Å². The first-order valence-corrected chi connectivity index (χ1v) is 13.1. The van der Waals surface area contributed by atoms with Gasteiger partial charge in [0.1, 0.15) is 12.1 Å². The molecule has 3 heterocycles. The molecule has 1 fully saturated rings. The van der Waals surface area contributed by atoms with Crippen molar-refractivity contribution in [2.24, 2.45) is 5.92 Å². The number of likely N-dealkylation sites (tertiary alicyclic amines) is 1. The first-order valence-electron chi connectivity index (χ1n) is 10.9. The van der Waals surface area contributed by atoms with Crippen molar-refractivity contribution < 1.29 is 13.2 Å². The Morgan fingerprint density at radius 2 is 1.97 bits per heavy atom. The molecular formula is C23H26N4O3S2. The summed E-state index contributed by atoms with van der Waals surface area (Å²) in [7, 11) is -3.76. The Hall–Kier alpha value is -2.49. The van der Waals surface area contributed by atoms with Crippen LogP contribution >= 0.6 is 11.5 Å². The highest BCUT2D eigenvalue weighted by molar-refractivity contribution is 7.93. The maximum atomic E-state index is 12.8. The van der Waals surface area contributed by atoms with Gasteiger partial charge in [-0.05, 0) is 36.9 Å². The minimum Gasteiger partial charge on any atom is -0.493 e. The average molecular weight is 471 g/mol. The second-order valence-electron chi connectivity index (χ2n) is 8.50. The lowest BCUT2D eigenvalue weighted by Crippen LogP contribution is -2.40. The molecule has 0 radical (unpaired) electrons. The fourth-order valence-corrected chi connectivity index (χ4v) is 6.47. The Morgan fingerprint density at radius 1 is 1.12 bits per heavy atom. The smallest absolute Gasteiger partial charge is 0.263 e. The molecule has 3 atom stereocenters. The van der Waals surface area contributed by atoms with Crippen molar-refractivity contribution in [2.45, 2.75) is 43.2 Å². The maximum absolute atomic E-state index is 12.8. The number of piperidine rings is 1. The summed E-state index contributed by atoms with van der Waals surface area (Å²) in [6.07, 6.45) is 4.49. The largest absolute Gasteiger partial charge is 0.493 e. The lowest BCUT2D eigenvalue weighted by molar-refractivity contribution is 0.0488. The summed E-state index contributed by atoms with van der Waals surface area (Å²) in [5.74, 6) is 1.32. The molecule has 32 heavy (non-hydrogen) atoms. The lowest BCUT2D eigenvalue weighted by Gasteiger charge is -2.45. The second-order valence-corrected chi connectivity index (χ2v) is 11.0. The molecule has 0 amide bonds. The Kier molecular flexibility index (Phi) is 5.88. The van der Waals surface area contributed by atoms with Gasteiger partial charge in [0, 0.05) is 41.7 Å². The van der Waals surface area contributed by atoms with Crippen LogP contribution in [0.3, 0.4) is 0 Å². The minimum atomic E-state index is -3.76. The molecule has 168 valence electrons. The van der Waals surface area contributed by atoms with E-state index in [1.807, 2.05) is 6.07 Å². The van der Waals surface area contributed by atoms with Crippen LogP contribution < -0.4 is 9.46 Å². The van der Waals surface area contributed by atoms with Crippen molar-refractivity contribution in [1.29, 1.82) is 0 Å². The standard InChI is InChI=1S/C23H26N4O3S2/c1-16-9-11-27(21(13-16)17-5-3-2-4-6-17)20-10-12-30-22-14-18(7-8-19(20)22)32(28,29)26-23-24-15-25-31-23/h2-8,14-16,20-21H,9-13H2,1H3,(H,24,25,26)/t16-,20+,21-/m1/s1. The average Bonchev–Trinajstić information content (AvgIpc) is 3.31. The fourth-order valence-electron chi connectivity index (χ4n) is 4.79. The summed E-state index contributed by atoms with van der Waals surface area (Å²) in [5, 5.41) is 0.245. The number of benzene rings is 2. The van der Waals surface area contributed by atoms with Crippen molar-refractivity contribution in [1.82, 2.24) is 14.3 Å². The molecule has 1 aromatic heterocycles. The lowest BCUT2D eigenvalue weighted by atomic mass is 9.85. The summed E-state index contributed by atoms with van der Waals surface area (Å²) in [4.78, 5) is 6.66. The van der Waals surface area contributed by atoms with Gasteiger partial charge in [-0.3, -0.25) is 9.62 Å². The van der Waals surface area contributed by atoms with E-state index in [1.54, 1.807) is 12.1 Å². The number of aromatic nitrogens is 2. The first-order chi connectivity index (χ1) is 15.5. The van der Waals surface area contributed by atoms with E-state index in [0.29, 0.717) is 24.3 Å². The molecular weight excluding hydrogens is 444 g/mol. The Bertz CT molecular complexity index is 1170. The fraction of sp³-hybridized carbons (Fsp3) is 0.391. The van der Waals surface area contributed by atoms with Gasteiger partial charge in [0.15, 0.2) is 0 Å². The molecule has 1 N–H and O–H groups in total. The zero-order valence-electron chi connectivity index (χ0n) is 17.8. The summed E-state index contributed by atoms with van der Waals surface area (Å²) < 4.78 is 37.9. The Labute approximate surface area is 192 Å². The van der Waals surface area contributed by atoms with Crippen LogP contribution in [0.25, 0.3) is 0 Å². The van der Waals surface area contributed by atoms with E-state index in [0.717, 1.165) is 42.9 Å². The third-order valence-electron chi connectivity index (χ3n) is 6.38. The molecule has 0 aliphatic carbocycles. The number of hydrogen-bond acceptors (Lipinski definition) is 7. The maximum Gasteiger partial charge on any atom is 0.263 e. The molecule has 2 aliphatic rings. The van der Waals surface area contributed by atoms with Gasteiger partial charge < -0.3 is 4.74 Å². The normalized spacial score (nSPS) is 23.8. The van der Waals surface area contributed by atoms with Crippen LogP contribution in [0, 0.1) is 5.92 Å². The topological polar surface area (TPSA) is 84.4 Å². The molecule has 0 spiro atoms. The van der Waals surface area contributed by atoms with Crippen LogP contribution in [0.2, 0.25) is 0 Å². The van der Waals surface area contributed by atoms with Crippen molar-refractivity contribution in [3.63, 3.8) is 0 Å². The van der Waals surface area contributed by atoms with Crippen molar-refractivity contribution in [2.75, 3.05) is 17.9 Å². The van der Waals surface area contributed by atoms with Crippen LogP contribution in [0.5, 0.6) is 5.75 Å². The summed E-state index contributed by atoms with van der Waals surface area (Å²) in [6.45, 7) is 3.91. The monoisotopic (exact) mass is 470 g/mol. The molecule has 2 aromatic carbocycles. The predicted octanol–water partition coefficient (Wildman–Crippen LogP) is 4.64. The number of sulfonamides is 1. The molecule has 0 bridgehead atoms. The number of hydrogen-bond donors (Lipinski definition) is 1. The van der Waals surface area contributed by atoms with E-state index < -0.39 is 10.0 Å². The number of anilines is 1. The number of nitrogens with zero attached hydrogens (tertiary/aromatic N) is 3. The SMILES string of the molecule is C[C@@H]1CCN([C@H]2CCOc3cc(S(=O)(=O)Nc4ncns4)ccc32)[C@@H](c2ccccc2)C1. The van der Waals surface area contributed by atoms with E-state index in [-0.39, 0.29) is 16.1 Å². The first kappa shape index (κ1) is 21.4. The molecule has 5 rings (SSSR count). The van der Waals surface area contributed by atoms with Crippen molar-refractivity contribution in [3.8, 4) is 5.75 Å². The van der Waals surface area contributed by atoms with Gasteiger partial charge in [0.05, 0.1) is 11.5 Å². The predicted molar refractivity (Wildman–Crippen MR) is 124 cm³/mol. The molecule has 9 heteroatoms. The van der Waals surface area contributed by atoms with Gasteiger partial charge in [-0.15, -0.1) is 0 Å².